The minimum Gasteiger partial charge on any atom is -0.462 e. The number of rotatable bonds is 10. The second-order valence-corrected chi connectivity index (χ2v) is 15.1. The van der Waals surface area contributed by atoms with Crippen molar-refractivity contribution in [3.8, 4) is 0 Å². The normalized spacial score (nSPS) is 38.5. The van der Waals surface area contributed by atoms with Crippen molar-refractivity contribution >= 4 is 23.4 Å². The Hall–Kier alpha value is -2.79. The molecule has 0 aromatic heterocycles. The molecule has 1 aromatic carbocycles. The molecule has 0 bridgehead atoms. The van der Waals surface area contributed by atoms with Gasteiger partial charge in [0, 0.05) is 38.8 Å². The number of nitrogens with one attached hydrogen (secondary N) is 1. The molecule has 1 aromatic rings. The number of aliphatic hydroxyl groups is 1. The van der Waals surface area contributed by atoms with Crippen molar-refractivity contribution < 1.29 is 43.2 Å². The number of anilines is 1. The highest BCUT2D eigenvalue weighted by Gasteiger charge is 2.64. The smallest absolute Gasteiger partial charge is 0.306 e. The molecule has 4 unspecified atom stereocenters. The Bertz CT molecular complexity index is 1350. The van der Waals surface area contributed by atoms with E-state index in [1.807, 2.05) is 32.0 Å². The lowest BCUT2D eigenvalue weighted by Gasteiger charge is -2.59. The number of hydrogen-bond acceptors (Lipinski definition) is 10. The summed E-state index contributed by atoms with van der Waals surface area (Å²) in [5.74, 6) is -0.116. The summed E-state index contributed by atoms with van der Waals surface area (Å²) >= 11 is 0. The fourth-order valence-electron chi connectivity index (χ4n) is 10.2. The molecule has 14 atom stereocenters. The maximum atomic E-state index is 14.5. The number of ketones is 1. The molecule has 5 aliphatic rings. The molecule has 6 rings (SSSR count). The van der Waals surface area contributed by atoms with E-state index in [-0.39, 0.29) is 72.6 Å². The summed E-state index contributed by atoms with van der Waals surface area (Å²) in [7, 11) is 3.11. The number of aliphatic hydroxyl groups excluding tert-OH is 1. The van der Waals surface area contributed by atoms with Crippen LogP contribution in [0.25, 0.3) is 0 Å². The SMILES string of the molecule is CC[C@H]1CCC[C@H](OC(C)=O)[C@@H](C)C(=O)C2=CC3[C@@H]4C[C@H](OC(O)[C@H](COC)OC)CC4[C@@H]4CC(Nc5ccccc5)[C@@H]4[C@H]3[C@@H]2CC(=O)O1. The molecule has 0 spiro atoms. The van der Waals surface area contributed by atoms with E-state index in [9.17, 15) is 19.5 Å². The number of hydrogen-bond donors (Lipinski definition) is 2. The van der Waals surface area contributed by atoms with Crippen molar-refractivity contribution in [3.63, 3.8) is 0 Å². The van der Waals surface area contributed by atoms with Crippen LogP contribution in [0.5, 0.6) is 0 Å². The van der Waals surface area contributed by atoms with Crippen LogP contribution in [0.1, 0.15) is 72.1 Å². The summed E-state index contributed by atoms with van der Waals surface area (Å²) in [5.41, 5.74) is 1.76. The van der Waals surface area contributed by atoms with Crippen LogP contribution in [0.3, 0.4) is 0 Å². The van der Waals surface area contributed by atoms with Gasteiger partial charge in [-0.1, -0.05) is 38.1 Å². The predicted molar refractivity (Wildman–Crippen MR) is 182 cm³/mol. The van der Waals surface area contributed by atoms with Crippen LogP contribution in [0.15, 0.2) is 42.0 Å². The number of allylic oxidation sites excluding steroid dienone is 2. The van der Waals surface area contributed by atoms with Crippen LogP contribution in [0.4, 0.5) is 5.69 Å². The van der Waals surface area contributed by atoms with Crippen molar-refractivity contribution in [1.29, 1.82) is 0 Å². The number of para-hydroxylation sites is 1. The van der Waals surface area contributed by atoms with Gasteiger partial charge in [0.05, 0.1) is 25.0 Å². The number of benzene rings is 1. The Balaban J connectivity index is 1.34. The largest absolute Gasteiger partial charge is 0.462 e. The van der Waals surface area contributed by atoms with E-state index in [0.29, 0.717) is 43.1 Å². The fourth-order valence-corrected chi connectivity index (χ4v) is 10.2. The van der Waals surface area contributed by atoms with Gasteiger partial charge in [-0.25, -0.2) is 0 Å². The first kappa shape index (κ1) is 36.0. The third-order valence-electron chi connectivity index (χ3n) is 12.4. The molecule has 0 amide bonds. The Labute approximate surface area is 290 Å². The molecule has 4 aliphatic carbocycles. The van der Waals surface area contributed by atoms with Crippen LogP contribution >= 0.6 is 0 Å². The first-order chi connectivity index (χ1) is 23.6. The van der Waals surface area contributed by atoms with Gasteiger partial charge in [0.25, 0.3) is 0 Å². The number of ether oxygens (including phenoxy) is 5. The van der Waals surface area contributed by atoms with Gasteiger partial charge in [-0.15, -0.1) is 0 Å². The molecule has 0 radical (unpaired) electrons. The lowest BCUT2D eigenvalue weighted by molar-refractivity contribution is -0.204. The Morgan fingerprint density at radius 2 is 1.80 bits per heavy atom. The summed E-state index contributed by atoms with van der Waals surface area (Å²) in [6, 6.07) is 10.4. The summed E-state index contributed by atoms with van der Waals surface area (Å²) in [5, 5.41) is 14.7. The third-order valence-corrected chi connectivity index (χ3v) is 12.4. The summed E-state index contributed by atoms with van der Waals surface area (Å²) in [6.45, 7) is 5.51. The van der Waals surface area contributed by atoms with Gasteiger partial charge in [-0.05, 0) is 98.2 Å². The number of carbonyl (C=O) groups excluding carboxylic acids is 3. The van der Waals surface area contributed by atoms with Gasteiger partial charge in [0.15, 0.2) is 12.1 Å². The molecule has 49 heavy (non-hydrogen) atoms. The number of esters is 2. The first-order valence-electron chi connectivity index (χ1n) is 18.4. The van der Waals surface area contributed by atoms with Crippen molar-refractivity contribution in [2.75, 3.05) is 26.1 Å². The van der Waals surface area contributed by atoms with Crippen LogP contribution in [0.2, 0.25) is 0 Å². The maximum Gasteiger partial charge on any atom is 0.306 e. The molecule has 3 saturated carbocycles. The third kappa shape index (κ3) is 7.48. The summed E-state index contributed by atoms with van der Waals surface area (Å²) in [4.78, 5) is 40.4. The average molecular weight is 682 g/mol. The van der Waals surface area contributed by atoms with E-state index in [2.05, 4.69) is 23.5 Å². The van der Waals surface area contributed by atoms with Crippen LogP contribution < -0.4 is 5.32 Å². The summed E-state index contributed by atoms with van der Waals surface area (Å²) in [6.07, 6.45) is 4.88. The number of carbonyl (C=O) groups is 3. The molecule has 1 saturated heterocycles. The molecule has 10 nitrogen and oxygen atoms in total. The van der Waals surface area contributed by atoms with Crippen molar-refractivity contribution in [2.24, 2.45) is 47.3 Å². The molecule has 270 valence electrons. The second-order valence-electron chi connectivity index (χ2n) is 15.1. The van der Waals surface area contributed by atoms with E-state index in [0.717, 1.165) is 24.9 Å². The molecule has 4 fully saturated rings. The van der Waals surface area contributed by atoms with Crippen molar-refractivity contribution in [2.45, 2.75) is 109 Å². The van der Waals surface area contributed by atoms with Crippen molar-refractivity contribution in [1.82, 2.24) is 0 Å². The molecule has 2 N–H and O–H groups in total. The van der Waals surface area contributed by atoms with E-state index in [1.54, 1.807) is 7.11 Å². The maximum absolute atomic E-state index is 14.5. The Morgan fingerprint density at radius 1 is 1.04 bits per heavy atom. The van der Waals surface area contributed by atoms with Crippen LogP contribution in [0, 0.1) is 47.3 Å². The number of Topliss-reactive ketones (excluding diaryl/α,β-unsaturated/α-hetero) is 1. The van der Waals surface area contributed by atoms with Crippen LogP contribution in [-0.4, -0.2) is 80.4 Å². The van der Waals surface area contributed by atoms with E-state index >= 15 is 0 Å². The zero-order valence-corrected chi connectivity index (χ0v) is 29.6. The predicted octanol–water partition coefficient (Wildman–Crippen LogP) is 5.33. The molecular weight excluding hydrogens is 626 g/mol. The number of fused-ring (bicyclic) bond motifs is 8. The quantitative estimate of drug-likeness (QED) is 0.247. The van der Waals surface area contributed by atoms with Crippen LogP contribution in [-0.2, 0) is 38.1 Å². The topological polar surface area (TPSA) is 130 Å². The second kappa shape index (κ2) is 15.6. The molecule has 1 heterocycles. The zero-order chi connectivity index (χ0) is 34.8. The summed E-state index contributed by atoms with van der Waals surface area (Å²) < 4.78 is 28.8. The average Bonchev–Trinajstić information content (AvgIpc) is 3.64. The standard InChI is InChI=1S/C39H55NO9/c1-6-24-13-10-14-33(47-22(3)41)21(2)38(43)31-17-28-26-15-25(49-39(44)34(46-5)20-45-4)16-27(26)29-18-32(40-23-11-8-7-9-12-23)37(29)36(28)30(31)19-35(42)48-24/h7-9,11-12,17,21,24-30,32-34,36-37,39-40,44H,6,10,13-16,18-20H2,1-5H3/t21-,24+,25+,26-,27?,28?,29+,30-,32?,33+,34+,36-,37-,39?/m1/s1. The van der Waals surface area contributed by atoms with Gasteiger partial charge in [-0.2, -0.15) is 0 Å². The van der Waals surface area contributed by atoms with E-state index in [1.165, 1.54) is 14.0 Å². The molecular formula is C39H55NO9. The van der Waals surface area contributed by atoms with E-state index in [4.69, 9.17) is 23.7 Å². The highest BCUT2D eigenvalue weighted by Crippen LogP contribution is 2.66. The van der Waals surface area contributed by atoms with Crippen molar-refractivity contribution in [3.05, 3.63) is 42.0 Å². The Kier molecular flexibility index (Phi) is 11.5. The van der Waals surface area contributed by atoms with Gasteiger partial charge in [-0.3, -0.25) is 14.4 Å². The lowest BCUT2D eigenvalue weighted by atomic mass is 9.47. The monoisotopic (exact) mass is 681 g/mol. The van der Waals surface area contributed by atoms with Gasteiger partial charge in [0.2, 0.25) is 0 Å². The first-order valence-corrected chi connectivity index (χ1v) is 18.4. The highest BCUT2D eigenvalue weighted by atomic mass is 16.6. The fraction of sp³-hybridized carbons (Fsp3) is 0.718. The van der Waals surface area contributed by atoms with Gasteiger partial charge >= 0.3 is 11.9 Å². The molecule has 1 aliphatic heterocycles. The van der Waals surface area contributed by atoms with Gasteiger partial charge < -0.3 is 34.1 Å². The van der Waals surface area contributed by atoms with Gasteiger partial charge in [0.1, 0.15) is 18.3 Å². The minimum absolute atomic E-state index is 0.0326. The minimum atomic E-state index is -1.12. The number of cyclic esters (lactones) is 1. The zero-order valence-electron chi connectivity index (χ0n) is 29.6. The van der Waals surface area contributed by atoms with E-state index < -0.39 is 30.4 Å². The lowest BCUT2D eigenvalue weighted by Crippen LogP contribution is -2.59. The highest BCUT2D eigenvalue weighted by molar-refractivity contribution is 5.99. The Morgan fingerprint density at radius 3 is 2.49 bits per heavy atom. The number of methoxy groups -OCH3 is 2. The molecule has 10 heteroatoms.